The van der Waals surface area contributed by atoms with Crippen molar-refractivity contribution in [3.63, 3.8) is 0 Å². The van der Waals surface area contributed by atoms with Crippen molar-refractivity contribution < 1.29 is 23.9 Å². The Balaban J connectivity index is 1.85. The van der Waals surface area contributed by atoms with Gasteiger partial charge >= 0.3 is 0 Å². The van der Waals surface area contributed by atoms with Crippen molar-refractivity contribution in [2.75, 3.05) is 23.9 Å². The molecule has 1 aliphatic heterocycles. The maximum atomic E-state index is 12.5. The number of carbonyl (C=O) groups excluding carboxylic acids is 3. The van der Waals surface area contributed by atoms with Crippen LogP contribution in [0.2, 0.25) is 0 Å². The van der Waals surface area contributed by atoms with E-state index in [-0.39, 0.29) is 18.4 Å². The lowest BCUT2D eigenvalue weighted by atomic mass is 10.1. The van der Waals surface area contributed by atoms with Gasteiger partial charge in [0, 0.05) is 5.56 Å². The van der Waals surface area contributed by atoms with Crippen LogP contribution in [0.15, 0.2) is 42.5 Å². The Morgan fingerprint density at radius 3 is 2.81 bits per heavy atom. The lowest BCUT2D eigenvalue weighted by Gasteiger charge is -2.32. The topological polar surface area (TPSA) is 84.9 Å². The summed E-state index contributed by atoms with van der Waals surface area (Å²) in [6.07, 6.45) is -0.0424. The summed E-state index contributed by atoms with van der Waals surface area (Å²) < 4.78 is 10.8. The number of fused-ring (bicyclic) bond motifs is 1. The van der Waals surface area contributed by atoms with E-state index in [1.807, 2.05) is 0 Å². The van der Waals surface area contributed by atoms with Crippen molar-refractivity contribution in [2.45, 2.75) is 13.0 Å². The van der Waals surface area contributed by atoms with Gasteiger partial charge in [0.15, 0.2) is 6.10 Å². The predicted molar refractivity (Wildman–Crippen MR) is 95.9 cm³/mol. The van der Waals surface area contributed by atoms with Gasteiger partial charge in [-0.3, -0.25) is 19.3 Å². The van der Waals surface area contributed by atoms with Crippen LogP contribution in [0.3, 0.4) is 0 Å². The summed E-state index contributed by atoms with van der Waals surface area (Å²) in [7, 11) is 1.51. The summed E-state index contributed by atoms with van der Waals surface area (Å²) in [5.41, 5.74) is 1.30. The summed E-state index contributed by atoms with van der Waals surface area (Å²) >= 11 is 0. The first-order valence-corrected chi connectivity index (χ1v) is 8.03. The van der Waals surface area contributed by atoms with E-state index in [9.17, 15) is 14.4 Å². The SMILES string of the molecule is COc1ccccc1NC(=O)CN1C(=O)C(C)Oc2ccc(C=O)cc21. The van der Waals surface area contributed by atoms with E-state index >= 15 is 0 Å². The number of rotatable bonds is 5. The molecule has 26 heavy (non-hydrogen) atoms. The number of hydrogen-bond acceptors (Lipinski definition) is 5. The number of amides is 2. The fourth-order valence-electron chi connectivity index (χ4n) is 2.74. The Hall–Kier alpha value is -3.35. The first kappa shape index (κ1) is 17.5. The van der Waals surface area contributed by atoms with Crippen molar-refractivity contribution in [1.82, 2.24) is 0 Å². The van der Waals surface area contributed by atoms with Crippen molar-refractivity contribution in [3.8, 4) is 11.5 Å². The third-order valence-corrected chi connectivity index (χ3v) is 4.01. The molecule has 134 valence electrons. The van der Waals surface area contributed by atoms with Gasteiger partial charge in [-0.25, -0.2) is 0 Å². The molecule has 3 rings (SSSR count). The van der Waals surface area contributed by atoms with Crippen LogP contribution in [0, 0.1) is 0 Å². The quantitative estimate of drug-likeness (QED) is 0.833. The number of hydrogen-bond donors (Lipinski definition) is 1. The maximum Gasteiger partial charge on any atom is 0.268 e. The fraction of sp³-hybridized carbons (Fsp3) is 0.211. The van der Waals surface area contributed by atoms with Crippen molar-refractivity contribution in [3.05, 3.63) is 48.0 Å². The van der Waals surface area contributed by atoms with E-state index < -0.39 is 6.10 Å². The second-order valence-electron chi connectivity index (χ2n) is 5.78. The highest BCUT2D eigenvalue weighted by molar-refractivity contribution is 6.06. The largest absolute Gasteiger partial charge is 0.495 e. The van der Waals surface area contributed by atoms with E-state index in [4.69, 9.17) is 9.47 Å². The molecule has 0 aliphatic carbocycles. The van der Waals surface area contributed by atoms with Crippen LogP contribution in [-0.4, -0.2) is 37.9 Å². The van der Waals surface area contributed by atoms with Gasteiger partial charge in [0.1, 0.15) is 24.3 Å². The van der Waals surface area contributed by atoms with Gasteiger partial charge in [-0.15, -0.1) is 0 Å². The number of para-hydroxylation sites is 2. The van der Waals surface area contributed by atoms with E-state index in [1.165, 1.54) is 18.1 Å². The lowest BCUT2D eigenvalue weighted by Crippen LogP contribution is -2.47. The van der Waals surface area contributed by atoms with Gasteiger partial charge in [0.25, 0.3) is 5.91 Å². The van der Waals surface area contributed by atoms with Gasteiger partial charge < -0.3 is 14.8 Å². The number of benzene rings is 2. The molecule has 2 aromatic carbocycles. The molecule has 0 spiro atoms. The van der Waals surface area contributed by atoms with Gasteiger partial charge in [0.05, 0.1) is 18.5 Å². The zero-order valence-electron chi connectivity index (χ0n) is 14.4. The normalized spacial score (nSPS) is 15.7. The van der Waals surface area contributed by atoms with Crippen LogP contribution in [0.4, 0.5) is 11.4 Å². The van der Waals surface area contributed by atoms with Crippen LogP contribution in [-0.2, 0) is 9.59 Å². The molecule has 2 amide bonds. The molecule has 0 radical (unpaired) electrons. The summed E-state index contributed by atoms with van der Waals surface area (Å²) in [6, 6.07) is 11.7. The summed E-state index contributed by atoms with van der Waals surface area (Å²) in [5.74, 6) is 0.231. The molecule has 7 heteroatoms. The van der Waals surface area contributed by atoms with E-state index in [0.29, 0.717) is 34.7 Å². The average molecular weight is 354 g/mol. The van der Waals surface area contributed by atoms with Crippen LogP contribution in [0.25, 0.3) is 0 Å². The molecule has 7 nitrogen and oxygen atoms in total. The van der Waals surface area contributed by atoms with E-state index in [0.717, 1.165) is 0 Å². The number of anilines is 2. The first-order chi connectivity index (χ1) is 12.5. The van der Waals surface area contributed by atoms with Gasteiger partial charge in [-0.05, 0) is 37.3 Å². The molecule has 0 fully saturated rings. The van der Waals surface area contributed by atoms with Crippen LogP contribution >= 0.6 is 0 Å². The Kier molecular flexibility index (Phi) is 4.88. The number of nitrogens with one attached hydrogen (secondary N) is 1. The molecule has 1 unspecified atom stereocenters. The number of ether oxygens (including phenoxy) is 2. The zero-order valence-corrected chi connectivity index (χ0v) is 14.4. The molecule has 1 aliphatic rings. The molecule has 0 saturated heterocycles. The van der Waals surface area contributed by atoms with Crippen LogP contribution in [0.5, 0.6) is 11.5 Å². The highest BCUT2D eigenvalue weighted by atomic mass is 16.5. The smallest absolute Gasteiger partial charge is 0.268 e. The number of nitrogens with zero attached hydrogens (tertiary/aromatic N) is 1. The summed E-state index contributed by atoms with van der Waals surface area (Å²) in [5, 5.41) is 2.74. The average Bonchev–Trinajstić information content (AvgIpc) is 2.65. The van der Waals surface area contributed by atoms with Crippen molar-refractivity contribution >= 4 is 29.5 Å². The zero-order chi connectivity index (χ0) is 18.7. The molecule has 1 atom stereocenters. The van der Waals surface area contributed by atoms with Gasteiger partial charge in [-0.2, -0.15) is 0 Å². The highest BCUT2D eigenvalue weighted by Crippen LogP contribution is 2.34. The fourth-order valence-corrected chi connectivity index (χ4v) is 2.74. The summed E-state index contributed by atoms with van der Waals surface area (Å²) in [6.45, 7) is 1.41. The second-order valence-corrected chi connectivity index (χ2v) is 5.78. The minimum Gasteiger partial charge on any atom is -0.495 e. The molecular weight excluding hydrogens is 336 g/mol. The maximum absolute atomic E-state index is 12.5. The molecule has 1 heterocycles. The number of methoxy groups -OCH3 is 1. The minimum atomic E-state index is -0.719. The van der Waals surface area contributed by atoms with E-state index in [1.54, 1.807) is 43.3 Å². The highest BCUT2D eigenvalue weighted by Gasteiger charge is 2.33. The predicted octanol–water partition coefficient (Wildman–Crippen LogP) is 2.26. The van der Waals surface area contributed by atoms with Gasteiger partial charge in [-0.1, -0.05) is 12.1 Å². The summed E-state index contributed by atoms with van der Waals surface area (Å²) in [4.78, 5) is 37.4. The molecule has 2 aromatic rings. The lowest BCUT2D eigenvalue weighted by molar-refractivity contribution is -0.127. The van der Waals surface area contributed by atoms with Crippen molar-refractivity contribution in [1.29, 1.82) is 0 Å². The minimum absolute atomic E-state index is 0.208. The molecular formula is C19H18N2O5. The standard InChI is InChI=1S/C19H18N2O5/c1-12-19(24)21(15-9-13(11-22)7-8-17(15)26-12)10-18(23)20-14-5-3-4-6-16(14)25-2/h3-9,11-12H,10H2,1-2H3,(H,20,23). The van der Waals surface area contributed by atoms with Crippen molar-refractivity contribution in [2.24, 2.45) is 0 Å². The van der Waals surface area contributed by atoms with E-state index in [2.05, 4.69) is 5.32 Å². The van der Waals surface area contributed by atoms with Crippen LogP contribution < -0.4 is 19.7 Å². The second kappa shape index (κ2) is 7.26. The molecule has 0 aromatic heterocycles. The van der Waals surface area contributed by atoms with Gasteiger partial charge in [0.2, 0.25) is 5.91 Å². The Morgan fingerprint density at radius 2 is 2.08 bits per heavy atom. The Labute approximate surface area is 150 Å². The monoisotopic (exact) mass is 354 g/mol. The van der Waals surface area contributed by atoms with Crippen LogP contribution in [0.1, 0.15) is 17.3 Å². The molecule has 0 saturated carbocycles. The third kappa shape index (κ3) is 3.37. The molecule has 0 bridgehead atoms. The Bertz CT molecular complexity index is 865. The number of aldehydes is 1. The third-order valence-electron chi connectivity index (χ3n) is 4.01. The first-order valence-electron chi connectivity index (χ1n) is 8.03. The number of carbonyl (C=O) groups is 3. The Morgan fingerprint density at radius 1 is 1.31 bits per heavy atom. The molecule has 1 N–H and O–H groups in total.